The fraction of sp³-hybridized carbons (Fsp3) is 0.333. The van der Waals surface area contributed by atoms with Gasteiger partial charge in [-0.15, -0.1) is 0 Å². The first-order valence-electron chi connectivity index (χ1n) is 5.76. The zero-order valence-electron chi connectivity index (χ0n) is 10.4. The summed E-state index contributed by atoms with van der Waals surface area (Å²) < 4.78 is 22.3. The molecule has 1 saturated heterocycles. The molecule has 5 nitrogen and oxygen atoms in total. The molecule has 1 atom stereocenters. The lowest BCUT2D eigenvalue weighted by Crippen LogP contribution is -2.32. The van der Waals surface area contributed by atoms with Crippen molar-refractivity contribution in [2.75, 3.05) is 16.9 Å². The lowest BCUT2D eigenvalue weighted by molar-refractivity contribution is -0.118. The van der Waals surface area contributed by atoms with E-state index in [1.54, 1.807) is 12.1 Å². The molecule has 1 aliphatic heterocycles. The number of carbonyl (C=O) groups is 1. The number of anilines is 1. The van der Waals surface area contributed by atoms with Crippen LogP contribution in [-0.2, 0) is 14.6 Å². The van der Waals surface area contributed by atoms with Gasteiger partial charge in [0.05, 0.1) is 11.4 Å². The predicted molar refractivity (Wildman–Crippen MR) is 77.8 cm³/mol. The SMILES string of the molecule is CS(=O)(=O)CC[C@H]1NC(=S)N(c2ccccc2)C1=O. The Bertz CT molecular complexity index is 599. The summed E-state index contributed by atoms with van der Waals surface area (Å²) in [6.45, 7) is 0. The number of thiocarbonyl (C=S) groups is 1. The van der Waals surface area contributed by atoms with Crippen molar-refractivity contribution in [1.82, 2.24) is 5.32 Å². The number of hydrogen-bond donors (Lipinski definition) is 1. The number of para-hydroxylation sites is 1. The number of rotatable bonds is 4. The number of hydrogen-bond acceptors (Lipinski definition) is 4. The van der Waals surface area contributed by atoms with Gasteiger partial charge in [-0.05, 0) is 30.8 Å². The lowest BCUT2D eigenvalue weighted by Gasteiger charge is -2.14. The fourth-order valence-electron chi connectivity index (χ4n) is 1.88. The van der Waals surface area contributed by atoms with Crippen molar-refractivity contribution in [3.05, 3.63) is 30.3 Å². The summed E-state index contributed by atoms with van der Waals surface area (Å²) in [5, 5.41) is 3.18. The maximum Gasteiger partial charge on any atom is 0.255 e. The van der Waals surface area contributed by atoms with Crippen LogP contribution >= 0.6 is 12.2 Å². The third-order valence-electron chi connectivity index (χ3n) is 2.81. The maximum atomic E-state index is 12.2. The molecule has 1 heterocycles. The van der Waals surface area contributed by atoms with Crippen molar-refractivity contribution in [3.8, 4) is 0 Å². The van der Waals surface area contributed by atoms with Crippen LogP contribution in [0, 0.1) is 0 Å². The molecule has 1 fully saturated rings. The highest BCUT2D eigenvalue weighted by molar-refractivity contribution is 7.90. The molecular formula is C12H14N2O3S2. The summed E-state index contributed by atoms with van der Waals surface area (Å²) in [6, 6.07) is 8.48. The predicted octanol–water partition coefficient (Wildman–Crippen LogP) is 0.711. The Morgan fingerprint density at radius 3 is 2.53 bits per heavy atom. The van der Waals surface area contributed by atoms with Gasteiger partial charge in [-0.25, -0.2) is 8.42 Å². The Hall–Kier alpha value is -1.47. The molecule has 1 aliphatic rings. The second-order valence-corrected chi connectivity index (χ2v) is 7.08. The van der Waals surface area contributed by atoms with Gasteiger partial charge in [0, 0.05) is 6.26 Å². The molecule has 0 saturated carbocycles. The van der Waals surface area contributed by atoms with Crippen LogP contribution in [0.1, 0.15) is 6.42 Å². The van der Waals surface area contributed by atoms with E-state index in [0.29, 0.717) is 10.8 Å². The average molecular weight is 298 g/mol. The molecule has 0 spiro atoms. The molecule has 1 aromatic rings. The van der Waals surface area contributed by atoms with E-state index >= 15 is 0 Å². The summed E-state index contributed by atoms with van der Waals surface area (Å²) >= 11 is 5.13. The van der Waals surface area contributed by atoms with Crippen molar-refractivity contribution in [2.24, 2.45) is 0 Å². The van der Waals surface area contributed by atoms with Gasteiger partial charge in [0.2, 0.25) is 0 Å². The Balaban J connectivity index is 2.13. The first-order valence-corrected chi connectivity index (χ1v) is 8.22. The normalized spacial score (nSPS) is 19.6. The van der Waals surface area contributed by atoms with E-state index in [-0.39, 0.29) is 18.1 Å². The highest BCUT2D eigenvalue weighted by atomic mass is 32.2. The number of nitrogens with zero attached hydrogens (tertiary/aromatic N) is 1. The van der Waals surface area contributed by atoms with Crippen LogP contribution in [0.2, 0.25) is 0 Å². The number of sulfone groups is 1. The van der Waals surface area contributed by atoms with Crippen molar-refractivity contribution >= 4 is 38.8 Å². The molecule has 0 unspecified atom stereocenters. The molecule has 2 rings (SSSR count). The van der Waals surface area contributed by atoms with E-state index in [2.05, 4.69) is 5.32 Å². The molecule has 0 bridgehead atoms. The summed E-state index contributed by atoms with van der Waals surface area (Å²) in [5.74, 6) is -0.249. The molecule has 0 aromatic heterocycles. The van der Waals surface area contributed by atoms with Crippen LogP contribution in [0.15, 0.2) is 30.3 Å². The van der Waals surface area contributed by atoms with Crippen LogP contribution in [0.3, 0.4) is 0 Å². The number of nitrogens with one attached hydrogen (secondary N) is 1. The smallest absolute Gasteiger partial charge is 0.255 e. The third-order valence-corrected chi connectivity index (χ3v) is 4.09. The number of amides is 1. The van der Waals surface area contributed by atoms with Gasteiger partial charge in [0.15, 0.2) is 5.11 Å². The van der Waals surface area contributed by atoms with Gasteiger partial charge in [-0.1, -0.05) is 18.2 Å². The van der Waals surface area contributed by atoms with Crippen LogP contribution < -0.4 is 10.2 Å². The van der Waals surface area contributed by atoms with Crippen molar-refractivity contribution in [3.63, 3.8) is 0 Å². The summed E-state index contributed by atoms with van der Waals surface area (Å²) in [6.07, 6.45) is 1.38. The fourth-order valence-corrected chi connectivity index (χ4v) is 2.88. The minimum atomic E-state index is -3.09. The van der Waals surface area contributed by atoms with Crippen molar-refractivity contribution in [2.45, 2.75) is 12.5 Å². The first kappa shape index (κ1) is 14.0. The van der Waals surface area contributed by atoms with E-state index in [0.717, 1.165) is 6.26 Å². The summed E-state index contributed by atoms with van der Waals surface area (Å²) in [5.41, 5.74) is 0.687. The zero-order chi connectivity index (χ0) is 14.0. The van der Waals surface area contributed by atoms with Crippen LogP contribution in [-0.4, -0.2) is 37.5 Å². The molecule has 0 aliphatic carbocycles. The molecule has 0 radical (unpaired) electrons. The lowest BCUT2D eigenvalue weighted by atomic mass is 10.2. The van der Waals surface area contributed by atoms with E-state index in [9.17, 15) is 13.2 Å². The zero-order valence-corrected chi connectivity index (χ0v) is 12.0. The number of carbonyl (C=O) groups excluding carboxylic acids is 1. The van der Waals surface area contributed by atoms with Gasteiger partial charge < -0.3 is 5.32 Å². The molecule has 102 valence electrons. The maximum absolute atomic E-state index is 12.2. The monoisotopic (exact) mass is 298 g/mol. The Labute approximate surface area is 117 Å². The van der Waals surface area contributed by atoms with E-state index < -0.39 is 15.9 Å². The highest BCUT2D eigenvalue weighted by Crippen LogP contribution is 2.20. The second-order valence-electron chi connectivity index (χ2n) is 4.43. The summed E-state index contributed by atoms with van der Waals surface area (Å²) in [7, 11) is -3.09. The van der Waals surface area contributed by atoms with Gasteiger partial charge in [0.1, 0.15) is 15.9 Å². The second kappa shape index (κ2) is 5.26. The molecule has 1 N–H and O–H groups in total. The molecular weight excluding hydrogens is 284 g/mol. The van der Waals surface area contributed by atoms with Gasteiger partial charge in [-0.2, -0.15) is 0 Å². The Morgan fingerprint density at radius 2 is 1.95 bits per heavy atom. The van der Waals surface area contributed by atoms with Crippen LogP contribution in [0.5, 0.6) is 0 Å². The molecule has 7 heteroatoms. The van der Waals surface area contributed by atoms with Gasteiger partial charge in [0.25, 0.3) is 5.91 Å². The summed E-state index contributed by atoms with van der Waals surface area (Å²) in [4.78, 5) is 13.6. The van der Waals surface area contributed by atoms with Gasteiger partial charge in [-0.3, -0.25) is 9.69 Å². The molecule has 1 amide bonds. The van der Waals surface area contributed by atoms with E-state index in [1.165, 1.54) is 4.90 Å². The van der Waals surface area contributed by atoms with Crippen LogP contribution in [0.25, 0.3) is 0 Å². The Kier molecular flexibility index (Phi) is 3.86. The number of benzene rings is 1. The van der Waals surface area contributed by atoms with E-state index in [4.69, 9.17) is 12.2 Å². The van der Waals surface area contributed by atoms with Crippen molar-refractivity contribution in [1.29, 1.82) is 0 Å². The van der Waals surface area contributed by atoms with Crippen molar-refractivity contribution < 1.29 is 13.2 Å². The quantitative estimate of drug-likeness (QED) is 0.829. The Morgan fingerprint density at radius 1 is 1.32 bits per heavy atom. The minimum absolute atomic E-state index is 0.0400. The van der Waals surface area contributed by atoms with Crippen LogP contribution in [0.4, 0.5) is 5.69 Å². The standard InChI is InChI=1S/C12H14N2O3S2/c1-19(16,17)8-7-10-11(15)14(12(18)13-10)9-5-3-2-4-6-9/h2-6,10H,7-8H2,1H3,(H,13,18)/t10-/m1/s1. The third kappa shape index (κ3) is 3.30. The largest absolute Gasteiger partial charge is 0.350 e. The highest BCUT2D eigenvalue weighted by Gasteiger charge is 2.36. The first-order chi connectivity index (χ1) is 8.88. The minimum Gasteiger partial charge on any atom is -0.350 e. The average Bonchev–Trinajstić information content (AvgIpc) is 2.62. The molecule has 1 aromatic carbocycles. The molecule has 19 heavy (non-hydrogen) atoms. The van der Waals surface area contributed by atoms with E-state index in [1.807, 2.05) is 18.2 Å². The topological polar surface area (TPSA) is 66.5 Å². The van der Waals surface area contributed by atoms with Gasteiger partial charge >= 0.3 is 0 Å².